The lowest BCUT2D eigenvalue weighted by Gasteiger charge is -2.23. The summed E-state index contributed by atoms with van der Waals surface area (Å²) in [6, 6.07) is 17.2. The van der Waals surface area contributed by atoms with Gasteiger partial charge in [0.15, 0.2) is 0 Å². The summed E-state index contributed by atoms with van der Waals surface area (Å²) in [6.45, 7) is 9.73. The lowest BCUT2D eigenvalue weighted by Crippen LogP contribution is -2.42. The summed E-state index contributed by atoms with van der Waals surface area (Å²) in [5.74, 6) is -0.882. The summed E-state index contributed by atoms with van der Waals surface area (Å²) < 4.78 is 16.2. The zero-order valence-electron chi connectivity index (χ0n) is 16.9. The molecule has 0 saturated carbocycles. The molecule has 0 saturated heterocycles. The lowest BCUT2D eigenvalue weighted by molar-refractivity contribution is 0.0698. The van der Waals surface area contributed by atoms with Gasteiger partial charge in [-0.2, -0.15) is 0 Å². The van der Waals surface area contributed by atoms with E-state index < -0.39 is 14.8 Å². The molecule has 0 aliphatic heterocycles. The number of aromatic carboxylic acids is 1. The van der Waals surface area contributed by atoms with Crippen LogP contribution in [-0.4, -0.2) is 39.7 Å². The van der Waals surface area contributed by atoms with E-state index in [1.54, 1.807) is 6.07 Å². The summed E-state index contributed by atoms with van der Waals surface area (Å²) in [4.78, 5) is 11.3. The first-order valence-corrected chi connectivity index (χ1v) is 11.7. The minimum absolute atomic E-state index is 0.360. The van der Waals surface area contributed by atoms with Crippen molar-refractivity contribution >= 4 is 36.3 Å². The van der Waals surface area contributed by atoms with Crippen molar-refractivity contribution in [1.82, 2.24) is 0 Å². The van der Waals surface area contributed by atoms with Crippen LogP contribution in [0, 0.1) is 0 Å². The predicted molar refractivity (Wildman–Crippen MR) is 115 cm³/mol. The van der Waals surface area contributed by atoms with Gasteiger partial charge in [0.1, 0.15) is 0 Å². The monoisotopic (exact) mass is 400 g/mol. The summed E-state index contributed by atoms with van der Waals surface area (Å²) in [7, 11) is -2.25. The van der Waals surface area contributed by atoms with E-state index in [4.69, 9.17) is 13.3 Å². The molecule has 0 bridgehead atoms. The Balaban J connectivity index is 0.000000224. The first-order chi connectivity index (χ1) is 13.5. The van der Waals surface area contributed by atoms with Crippen molar-refractivity contribution < 1.29 is 23.2 Å². The van der Waals surface area contributed by atoms with Crippen molar-refractivity contribution in [3.05, 3.63) is 60.2 Å². The quantitative estimate of drug-likeness (QED) is 0.427. The molecule has 0 amide bonds. The second-order valence-electron chi connectivity index (χ2n) is 6.16. The van der Waals surface area contributed by atoms with Gasteiger partial charge in [-0.15, -0.1) is 0 Å². The van der Waals surface area contributed by atoms with Crippen molar-refractivity contribution in [2.45, 2.75) is 27.3 Å². The number of rotatable bonds is 7. The Morgan fingerprint density at radius 2 is 1.29 bits per heavy atom. The molecule has 3 aromatic carbocycles. The Hall–Kier alpha value is -2.25. The average molecular weight is 401 g/mol. The van der Waals surface area contributed by atoms with Crippen molar-refractivity contribution in [3.8, 4) is 0 Å². The molecule has 28 heavy (non-hydrogen) atoms. The van der Waals surface area contributed by atoms with Crippen LogP contribution in [0.3, 0.4) is 0 Å². The van der Waals surface area contributed by atoms with Crippen LogP contribution < -0.4 is 0 Å². The third-order valence-electron chi connectivity index (χ3n) is 4.22. The minimum Gasteiger partial charge on any atom is -0.478 e. The van der Waals surface area contributed by atoms with Gasteiger partial charge in [0.2, 0.25) is 0 Å². The van der Waals surface area contributed by atoms with Crippen LogP contribution in [0.2, 0.25) is 6.55 Å². The van der Waals surface area contributed by atoms with Gasteiger partial charge in [0.25, 0.3) is 0 Å². The van der Waals surface area contributed by atoms with E-state index >= 15 is 0 Å². The van der Waals surface area contributed by atoms with E-state index in [1.165, 1.54) is 0 Å². The Bertz CT molecular complexity index is 908. The summed E-state index contributed by atoms with van der Waals surface area (Å²) >= 11 is 0. The Labute approximate surface area is 167 Å². The highest BCUT2D eigenvalue weighted by molar-refractivity contribution is 6.59. The molecule has 0 aliphatic rings. The first-order valence-electron chi connectivity index (χ1n) is 9.51. The number of hydrogen-bond donors (Lipinski definition) is 1. The maximum Gasteiger partial charge on any atom is 0.497 e. The molecule has 150 valence electrons. The Morgan fingerprint density at radius 1 is 0.821 bits per heavy atom. The van der Waals surface area contributed by atoms with E-state index in [1.807, 2.05) is 75.8 Å². The maximum absolute atomic E-state index is 11.3. The molecule has 0 radical (unpaired) electrons. The van der Waals surface area contributed by atoms with Crippen LogP contribution in [0.1, 0.15) is 31.1 Å². The van der Waals surface area contributed by atoms with Gasteiger partial charge in [-0.1, -0.05) is 48.5 Å². The molecule has 0 unspecified atom stereocenters. The number of fused-ring (bicyclic) bond motifs is 3. The van der Waals surface area contributed by atoms with Crippen molar-refractivity contribution in [1.29, 1.82) is 0 Å². The fourth-order valence-electron chi connectivity index (χ4n) is 3.14. The molecule has 5 nitrogen and oxygen atoms in total. The zero-order valence-corrected chi connectivity index (χ0v) is 17.9. The van der Waals surface area contributed by atoms with Crippen LogP contribution in [0.5, 0.6) is 0 Å². The summed E-state index contributed by atoms with van der Waals surface area (Å²) in [5.41, 5.74) is 0.360. The van der Waals surface area contributed by atoms with Crippen LogP contribution >= 0.6 is 0 Å². The SMILES string of the molecule is CCO[Si](C)(OCC)OCC.O=C(O)c1cc2ccccc2c2ccccc12. The summed E-state index contributed by atoms with van der Waals surface area (Å²) in [6.07, 6.45) is 0. The lowest BCUT2D eigenvalue weighted by atomic mass is 9.97. The van der Waals surface area contributed by atoms with E-state index in [0.717, 1.165) is 21.5 Å². The second-order valence-corrected chi connectivity index (χ2v) is 8.75. The van der Waals surface area contributed by atoms with Gasteiger partial charge in [-0.25, -0.2) is 4.79 Å². The van der Waals surface area contributed by atoms with Gasteiger partial charge < -0.3 is 18.4 Å². The topological polar surface area (TPSA) is 65.0 Å². The number of carboxylic acid groups (broad SMARTS) is 1. The van der Waals surface area contributed by atoms with Gasteiger partial charge in [-0.3, -0.25) is 0 Å². The third kappa shape index (κ3) is 5.39. The second kappa shape index (κ2) is 10.3. The third-order valence-corrected chi connectivity index (χ3v) is 6.66. The van der Waals surface area contributed by atoms with Gasteiger partial charge in [-0.05, 0) is 48.4 Å². The highest BCUT2D eigenvalue weighted by atomic mass is 28.4. The summed E-state index contributed by atoms with van der Waals surface area (Å²) in [5, 5.41) is 13.1. The maximum atomic E-state index is 11.3. The predicted octanol–water partition coefficient (Wildman–Crippen LogP) is 5.36. The molecular weight excluding hydrogens is 372 g/mol. The van der Waals surface area contributed by atoms with Gasteiger partial charge >= 0.3 is 14.8 Å². The fraction of sp³-hybridized carbons (Fsp3) is 0.318. The van der Waals surface area contributed by atoms with E-state index in [-0.39, 0.29) is 0 Å². The van der Waals surface area contributed by atoms with Crippen LogP contribution in [0.25, 0.3) is 21.5 Å². The van der Waals surface area contributed by atoms with E-state index in [0.29, 0.717) is 25.4 Å². The molecule has 6 heteroatoms. The highest BCUT2D eigenvalue weighted by Gasteiger charge is 2.32. The molecule has 0 aliphatic carbocycles. The molecule has 3 aromatic rings. The zero-order chi connectivity index (χ0) is 20.6. The minimum atomic E-state index is -2.25. The molecule has 3 rings (SSSR count). The van der Waals surface area contributed by atoms with Crippen molar-refractivity contribution in [2.24, 2.45) is 0 Å². The van der Waals surface area contributed by atoms with E-state index in [9.17, 15) is 9.90 Å². The number of hydrogen-bond acceptors (Lipinski definition) is 4. The van der Waals surface area contributed by atoms with Crippen molar-refractivity contribution in [3.63, 3.8) is 0 Å². The average Bonchev–Trinajstić information content (AvgIpc) is 2.68. The number of carboxylic acids is 1. The molecule has 0 heterocycles. The molecule has 0 spiro atoms. The smallest absolute Gasteiger partial charge is 0.478 e. The standard InChI is InChI=1S/C15H10O2.C7H18O3Si/c16-15(17)14-9-10-5-1-2-6-11(10)12-7-3-4-8-13(12)14;1-5-8-11(4,9-6-2)10-7-3/h1-9H,(H,16,17);5-7H2,1-4H3. The van der Waals surface area contributed by atoms with Crippen LogP contribution in [-0.2, 0) is 13.3 Å². The Kier molecular flexibility index (Phi) is 8.13. The molecular formula is C22H28O5Si. The van der Waals surface area contributed by atoms with Gasteiger partial charge in [0.05, 0.1) is 5.56 Å². The van der Waals surface area contributed by atoms with Crippen molar-refractivity contribution in [2.75, 3.05) is 19.8 Å². The van der Waals surface area contributed by atoms with Crippen LogP contribution in [0.4, 0.5) is 0 Å². The van der Waals surface area contributed by atoms with Gasteiger partial charge in [0, 0.05) is 26.4 Å². The Morgan fingerprint density at radius 3 is 1.79 bits per heavy atom. The van der Waals surface area contributed by atoms with E-state index in [2.05, 4.69) is 0 Å². The number of carbonyl (C=O) groups is 1. The highest BCUT2D eigenvalue weighted by Crippen LogP contribution is 2.28. The molecule has 0 fully saturated rings. The number of benzene rings is 3. The molecule has 1 N–H and O–H groups in total. The molecule has 0 atom stereocenters. The van der Waals surface area contributed by atoms with Crippen LogP contribution in [0.15, 0.2) is 54.6 Å². The first kappa shape index (κ1) is 22.0. The fourth-order valence-corrected chi connectivity index (χ4v) is 4.97. The largest absolute Gasteiger partial charge is 0.497 e. The normalized spacial score (nSPS) is 11.3. The molecule has 0 aromatic heterocycles.